The number of benzene rings is 3. The van der Waals surface area contributed by atoms with E-state index in [0.29, 0.717) is 16.1 Å². The minimum atomic E-state index is -0.959. The second-order valence-corrected chi connectivity index (χ2v) is 8.31. The zero-order chi connectivity index (χ0) is 20.5. The first-order valence-corrected chi connectivity index (χ1v) is 10.3. The molecule has 2 atom stereocenters. The Morgan fingerprint density at radius 3 is 2.31 bits per heavy atom. The van der Waals surface area contributed by atoms with Crippen LogP contribution in [0.4, 0.5) is 0 Å². The van der Waals surface area contributed by atoms with Crippen molar-refractivity contribution in [3.05, 3.63) is 105 Å². The molecule has 0 aromatic heterocycles. The number of carbonyl (C=O) groups excluding carboxylic acids is 1. The topological polar surface area (TPSA) is 57.6 Å². The Hall–Kier alpha value is -2.63. The fourth-order valence-electron chi connectivity index (χ4n) is 3.85. The van der Waals surface area contributed by atoms with Crippen molar-refractivity contribution in [2.24, 2.45) is 0 Å². The average molecular weight is 471 g/mol. The van der Waals surface area contributed by atoms with Crippen LogP contribution in [0.25, 0.3) is 0 Å². The molecule has 0 unspecified atom stereocenters. The molecule has 146 valence electrons. The van der Waals surface area contributed by atoms with Gasteiger partial charge in [-0.05, 0) is 47.0 Å². The van der Waals surface area contributed by atoms with Crippen LogP contribution in [-0.4, -0.2) is 21.9 Å². The Morgan fingerprint density at radius 1 is 1.00 bits per heavy atom. The van der Waals surface area contributed by atoms with Gasteiger partial charge in [-0.1, -0.05) is 70.0 Å². The second kappa shape index (κ2) is 8.01. The van der Waals surface area contributed by atoms with Crippen LogP contribution in [0, 0.1) is 0 Å². The molecular weight excluding hydrogens is 454 g/mol. The zero-order valence-electron chi connectivity index (χ0n) is 15.3. The SMILES string of the molecule is O=C(O)[C@H]1c2ccccc2C(=O)N(Cc2ccc(Cl)cc2)[C@@H]1c1ccc(Br)cc1. The van der Waals surface area contributed by atoms with E-state index < -0.39 is 17.9 Å². The lowest BCUT2D eigenvalue weighted by Gasteiger charge is -2.41. The van der Waals surface area contributed by atoms with Crippen LogP contribution in [0.5, 0.6) is 0 Å². The summed E-state index contributed by atoms with van der Waals surface area (Å²) in [4.78, 5) is 27.4. The largest absolute Gasteiger partial charge is 0.481 e. The summed E-state index contributed by atoms with van der Waals surface area (Å²) in [5, 5.41) is 10.7. The number of fused-ring (bicyclic) bond motifs is 1. The first kappa shape index (κ1) is 19.7. The van der Waals surface area contributed by atoms with Crippen molar-refractivity contribution in [3.63, 3.8) is 0 Å². The number of hydrogen-bond acceptors (Lipinski definition) is 2. The van der Waals surface area contributed by atoms with Crippen LogP contribution in [0.3, 0.4) is 0 Å². The van der Waals surface area contributed by atoms with Crippen molar-refractivity contribution in [2.75, 3.05) is 0 Å². The molecule has 0 aliphatic carbocycles. The Labute approximate surface area is 181 Å². The van der Waals surface area contributed by atoms with E-state index in [1.54, 1.807) is 41.3 Å². The summed E-state index contributed by atoms with van der Waals surface area (Å²) in [7, 11) is 0. The van der Waals surface area contributed by atoms with Crippen molar-refractivity contribution in [1.82, 2.24) is 4.90 Å². The lowest BCUT2D eigenvalue weighted by atomic mass is 9.79. The molecule has 1 heterocycles. The molecule has 1 amide bonds. The quantitative estimate of drug-likeness (QED) is 0.535. The van der Waals surface area contributed by atoms with E-state index in [1.807, 2.05) is 36.4 Å². The smallest absolute Gasteiger partial charge is 0.313 e. The van der Waals surface area contributed by atoms with Gasteiger partial charge >= 0.3 is 5.97 Å². The minimum Gasteiger partial charge on any atom is -0.481 e. The highest BCUT2D eigenvalue weighted by atomic mass is 79.9. The van der Waals surface area contributed by atoms with Crippen molar-refractivity contribution in [3.8, 4) is 0 Å². The van der Waals surface area contributed by atoms with Crippen LogP contribution < -0.4 is 0 Å². The number of hydrogen-bond donors (Lipinski definition) is 1. The van der Waals surface area contributed by atoms with Gasteiger partial charge in [0.05, 0.1) is 6.04 Å². The fraction of sp³-hybridized carbons (Fsp3) is 0.130. The second-order valence-electron chi connectivity index (χ2n) is 6.96. The molecule has 29 heavy (non-hydrogen) atoms. The van der Waals surface area contributed by atoms with Gasteiger partial charge in [-0.2, -0.15) is 0 Å². The molecule has 0 bridgehead atoms. The standard InChI is InChI=1S/C23H17BrClNO3/c24-16-9-7-15(8-10-16)21-20(23(28)29)18-3-1-2-4-19(18)22(27)26(21)13-14-5-11-17(25)12-6-14/h1-12,20-21H,13H2,(H,28,29)/t20-,21+/m0/s1. The normalized spacial score (nSPS) is 18.4. The zero-order valence-corrected chi connectivity index (χ0v) is 17.6. The highest BCUT2D eigenvalue weighted by Gasteiger charge is 2.44. The lowest BCUT2D eigenvalue weighted by Crippen LogP contribution is -2.44. The summed E-state index contributed by atoms with van der Waals surface area (Å²) in [6.07, 6.45) is 0. The molecule has 4 rings (SSSR count). The Bertz CT molecular complexity index is 1070. The summed E-state index contributed by atoms with van der Waals surface area (Å²) in [6.45, 7) is 0.287. The predicted molar refractivity (Wildman–Crippen MR) is 115 cm³/mol. The number of carboxylic acid groups (broad SMARTS) is 1. The summed E-state index contributed by atoms with van der Waals surface area (Å²) < 4.78 is 0.889. The van der Waals surface area contributed by atoms with Crippen LogP contribution in [0.15, 0.2) is 77.3 Å². The molecule has 4 nitrogen and oxygen atoms in total. The predicted octanol–water partition coefficient (Wildman–Crippen LogP) is 5.67. The van der Waals surface area contributed by atoms with E-state index in [-0.39, 0.29) is 12.5 Å². The van der Waals surface area contributed by atoms with E-state index in [0.717, 1.165) is 15.6 Å². The Kier molecular flexibility index (Phi) is 5.43. The molecule has 0 saturated heterocycles. The number of aliphatic carboxylic acids is 1. The Balaban J connectivity index is 1.87. The number of amides is 1. The molecule has 0 spiro atoms. The fourth-order valence-corrected chi connectivity index (χ4v) is 4.24. The van der Waals surface area contributed by atoms with Gasteiger partial charge in [0.2, 0.25) is 0 Å². The maximum atomic E-state index is 13.4. The van der Waals surface area contributed by atoms with E-state index in [9.17, 15) is 14.7 Å². The number of nitrogens with zero attached hydrogens (tertiary/aromatic N) is 1. The molecule has 3 aromatic carbocycles. The maximum absolute atomic E-state index is 13.4. The van der Waals surface area contributed by atoms with Crippen LogP contribution in [0.1, 0.15) is 39.0 Å². The van der Waals surface area contributed by atoms with E-state index in [2.05, 4.69) is 15.9 Å². The number of carboxylic acids is 1. The van der Waals surface area contributed by atoms with Gasteiger partial charge in [-0.25, -0.2) is 0 Å². The van der Waals surface area contributed by atoms with E-state index in [4.69, 9.17) is 11.6 Å². The van der Waals surface area contributed by atoms with Crippen LogP contribution in [-0.2, 0) is 11.3 Å². The molecule has 0 saturated carbocycles. The summed E-state index contributed by atoms with van der Waals surface area (Å²) >= 11 is 9.41. The van der Waals surface area contributed by atoms with E-state index in [1.165, 1.54) is 0 Å². The molecule has 1 N–H and O–H groups in total. The summed E-state index contributed by atoms with van der Waals surface area (Å²) in [5.74, 6) is -2.00. The first-order chi connectivity index (χ1) is 14.0. The van der Waals surface area contributed by atoms with Gasteiger partial charge < -0.3 is 10.0 Å². The molecular formula is C23H17BrClNO3. The van der Waals surface area contributed by atoms with Crippen molar-refractivity contribution in [2.45, 2.75) is 18.5 Å². The highest BCUT2D eigenvalue weighted by molar-refractivity contribution is 9.10. The number of halogens is 2. The van der Waals surface area contributed by atoms with E-state index >= 15 is 0 Å². The van der Waals surface area contributed by atoms with Crippen molar-refractivity contribution in [1.29, 1.82) is 0 Å². The van der Waals surface area contributed by atoms with Gasteiger partial charge in [0.15, 0.2) is 0 Å². The van der Waals surface area contributed by atoms with Crippen LogP contribution in [0.2, 0.25) is 5.02 Å². The Morgan fingerprint density at radius 2 is 1.66 bits per heavy atom. The van der Waals surface area contributed by atoms with Gasteiger partial charge in [0.25, 0.3) is 5.91 Å². The maximum Gasteiger partial charge on any atom is 0.313 e. The third kappa shape index (κ3) is 3.80. The molecule has 0 radical (unpaired) electrons. The van der Waals surface area contributed by atoms with Gasteiger partial charge in [0, 0.05) is 21.6 Å². The summed E-state index contributed by atoms with van der Waals surface area (Å²) in [6, 6.07) is 21.0. The first-order valence-electron chi connectivity index (χ1n) is 9.08. The lowest BCUT2D eigenvalue weighted by molar-refractivity contribution is -0.140. The van der Waals surface area contributed by atoms with Crippen molar-refractivity contribution >= 4 is 39.4 Å². The third-order valence-corrected chi connectivity index (χ3v) is 5.96. The monoisotopic (exact) mass is 469 g/mol. The minimum absolute atomic E-state index is 0.180. The number of carbonyl (C=O) groups is 2. The molecule has 0 fully saturated rings. The molecule has 1 aliphatic rings. The molecule has 6 heteroatoms. The van der Waals surface area contributed by atoms with Gasteiger partial charge in [-0.3, -0.25) is 9.59 Å². The van der Waals surface area contributed by atoms with Gasteiger partial charge in [0.1, 0.15) is 5.92 Å². The van der Waals surface area contributed by atoms with Crippen LogP contribution >= 0.6 is 27.5 Å². The highest BCUT2D eigenvalue weighted by Crippen LogP contribution is 2.43. The van der Waals surface area contributed by atoms with Gasteiger partial charge in [-0.15, -0.1) is 0 Å². The van der Waals surface area contributed by atoms with Crippen molar-refractivity contribution < 1.29 is 14.7 Å². The molecule has 3 aromatic rings. The summed E-state index contributed by atoms with van der Waals surface area (Å²) in [5.41, 5.74) is 2.64. The molecule has 1 aliphatic heterocycles. The average Bonchev–Trinajstić information content (AvgIpc) is 2.72. The number of rotatable bonds is 4. The third-order valence-electron chi connectivity index (χ3n) is 5.18.